The number of benzene rings is 1. The number of rotatable bonds is 6. The molecule has 1 aliphatic rings. The van der Waals surface area contributed by atoms with Gasteiger partial charge < -0.3 is 20.3 Å². The largest absolute Gasteiger partial charge is 0.379 e. The van der Waals surface area contributed by atoms with Crippen LogP contribution in [0.25, 0.3) is 0 Å². The Labute approximate surface area is 175 Å². The van der Waals surface area contributed by atoms with Crippen molar-refractivity contribution < 1.29 is 4.74 Å². The van der Waals surface area contributed by atoms with Crippen LogP contribution in [-0.2, 0) is 11.3 Å². The molecule has 0 saturated carbocycles. The number of aliphatic imine (C=N–C) groups is 1. The maximum Gasteiger partial charge on any atom is 0.191 e. The van der Waals surface area contributed by atoms with E-state index in [-0.39, 0.29) is 35.5 Å². The van der Waals surface area contributed by atoms with Crippen molar-refractivity contribution in [3.63, 3.8) is 0 Å². The smallest absolute Gasteiger partial charge is 0.191 e. The molecule has 2 N–H and O–H groups in total. The molecule has 1 aromatic carbocycles. The maximum absolute atomic E-state index is 5.59. The van der Waals surface area contributed by atoms with E-state index in [0.29, 0.717) is 0 Å². The van der Waals surface area contributed by atoms with Crippen LogP contribution in [-0.4, -0.2) is 45.9 Å². The first-order valence-electron chi connectivity index (χ1n) is 8.90. The molecule has 0 radical (unpaired) electrons. The SMILES string of the molecule is CN=C(NCc1cccc(N2CC=CC2)c1)NCC(OC)C(C)(C)C.I. The molecule has 2 rings (SSSR count). The summed E-state index contributed by atoms with van der Waals surface area (Å²) in [5, 5.41) is 6.74. The fourth-order valence-electron chi connectivity index (χ4n) is 2.89. The molecule has 26 heavy (non-hydrogen) atoms. The highest BCUT2D eigenvalue weighted by atomic mass is 127. The van der Waals surface area contributed by atoms with E-state index < -0.39 is 0 Å². The Bertz CT molecular complexity index is 602. The van der Waals surface area contributed by atoms with Crippen LogP contribution in [0.5, 0.6) is 0 Å². The van der Waals surface area contributed by atoms with Gasteiger partial charge >= 0.3 is 0 Å². The van der Waals surface area contributed by atoms with Crippen LogP contribution < -0.4 is 15.5 Å². The Morgan fingerprint density at radius 1 is 1.23 bits per heavy atom. The maximum atomic E-state index is 5.59. The topological polar surface area (TPSA) is 48.9 Å². The van der Waals surface area contributed by atoms with Crippen molar-refractivity contribution in [1.29, 1.82) is 0 Å². The molecule has 0 spiro atoms. The highest BCUT2D eigenvalue weighted by Crippen LogP contribution is 2.21. The second kappa shape index (κ2) is 10.8. The van der Waals surface area contributed by atoms with Gasteiger partial charge in [0.15, 0.2) is 5.96 Å². The van der Waals surface area contributed by atoms with Crippen molar-refractivity contribution in [2.24, 2.45) is 10.4 Å². The molecule has 1 atom stereocenters. The second-order valence-corrected chi connectivity index (χ2v) is 7.44. The summed E-state index contributed by atoms with van der Waals surface area (Å²) in [6, 6.07) is 8.65. The summed E-state index contributed by atoms with van der Waals surface area (Å²) in [6.07, 6.45) is 4.54. The van der Waals surface area contributed by atoms with Crippen LogP contribution in [0.15, 0.2) is 41.4 Å². The molecule has 1 unspecified atom stereocenters. The predicted molar refractivity (Wildman–Crippen MR) is 122 cm³/mol. The second-order valence-electron chi connectivity index (χ2n) is 7.44. The zero-order valence-electron chi connectivity index (χ0n) is 16.6. The van der Waals surface area contributed by atoms with Gasteiger partial charge in [0.05, 0.1) is 6.10 Å². The molecule has 0 aromatic heterocycles. The fourth-order valence-corrected chi connectivity index (χ4v) is 2.89. The van der Waals surface area contributed by atoms with Crippen LogP contribution >= 0.6 is 24.0 Å². The molecule has 0 amide bonds. The fraction of sp³-hybridized carbons (Fsp3) is 0.550. The third-order valence-electron chi connectivity index (χ3n) is 4.48. The van der Waals surface area contributed by atoms with Crippen molar-refractivity contribution in [3.8, 4) is 0 Å². The van der Waals surface area contributed by atoms with Gasteiger partial charge in [0.25, 0.3) is 0 Å². The van der Waals surface area contributed by atoms with Crippen molar-refractivity contribution in [2.75, 3.05) is 38.7 Å². The van der Waals surface area contributed by atoms with Crippen LogP contribution in [0.3, 0.4) is 0 Å². The number of anilines is 1. The van der Waals surface area contributed by atoms with E-state index >= 15 is 0 Å². The van der Waals surface area contributed by atoms with E-state index in [1.165, 1.54) is 11.3 Å². The predicted octanol–water partition coefficient (Wildman–Crippen LogP) is 3.41. The van der Waals surface area contributed by atoms with E-state index in [1.54, 1.807) is 14.2 Å². The van der Waals surface area contributed by atoms with Crippen molar-refractivity contribution >= 4 is 35.6 Å². The van der Waals surface area contributed by atoms with Gasteiger partial charge in [-0.15, -0.1) is 24.0 Å². The van der Waals surface area contributed by atoms with E-state index in [1.807, 2.05) is 0 Å². The summed E-state index contributed by atoms with van der Waals surface area (Å²) in [5.74, 6) is 0.791. The van der Waals surface area contributed by atoms with E-state index in [4.69, 9.17) is 4.74 Å². The van der Waals surface area contributed by atoms with E-state index in [0.717, 1.165) is 32.1 Å². The van der Waals surface area contributed by atoms with Crippen LogP contribution in [0.1, 0.15) is 26.3 Å². The molecule has 6 heteroatoms. The zero-order valence-corrected chi connectivity index (χ0v) is 18.9. The quantitative estimate of drug-likeness (QED) is 0.289. The monoisotopic (exact) mass is 472 g/mol. The Balaban J connectivity index is 0.00000338. The molecule has 5 nitrogen and oxygen atoms in total. The average molecular weight is 472 g/mol. The Morgan fingerprint density at radius 3 is 2.50 bits per heavy atom. The van der Waals surface area contributed by atoms with Gasteiger partial charge in [-0.05, 0) is 23.1 Å². The molecule has 1 aromatic rings. The molecular formula is C20H33IN4O. The third-order valence-corrected chi connectivity index (χ3v) is 4.48. The average Bonchev–Trinajstić information content (AvgIpc) is 3.12. The van der Waals surface area contributed by atoms with E-state index in [2.05, 4.69) is 77.7 Å². The van der Waals surface area contributed by atoms with Gasteiger partial charge in [-0.2, -0.15) is 0 Å². The molecule has 0 saturated heterocycles. The highest BCUT2D eigenvalue weighted by Gasteiger charge is 2.24. The number of methoxy groups -OCH3 is 1. The molecule has 0 aliphatic carbocycles. The summed E-state index contributed by atoms with van der Waals surface area (Å²) in [6.45, 7) is 9.98. The third kappa shape index (κ3) is 6.79. The van der Waals surface area contributed by atoms with Crippen molar-refractivity contribution in [1.82, 2.24) is 10.6 Å². The van der Waals surface area contributed by atoms with Crippen molar-refractivity contribution in [3.05, 3.63) is 42.0 Å². The summed E-state index contributed by atoms with van der Waals surface area (Å²) in [7, 11) is 3.55. The van der Waals surface area contributed by atoms with Crippen molar-refractivity contribution in [2.45, 2.75) is 33.4 Å². The molecule has 1 heterocycles. The number of guanidine groups is 1. The standard InChI is InChI=1S/C20H32N4O.HI/c1-20(2,3)18(25-5)15-23-19(21-4)22-14-16-9-8-10-17(13-16)24-11-6-7-12-24;/h6-10,13,18H,11-12,14-15H2,1-5H3,(H2,21,22,23);1H. The Morgan fingerprint density at radius 2 is 1.92 bits per heavy atom. The summed E-state index contributed by atoms with van der Waals surface area (Å²) in [4.78, 5) is 6.66. The van der Waals surface area contributed by atoms with Gasteiger partial charge in [-0.3, -0.25) is 4.99 Å². The van der Waals surface area contributed by atoms with Gasteiger partial charge in [0.1, 0.15) is 0 Å². The zero-order chi connectivity index (χ0) is 18.3. The summed E-state index contributed by atoms with van der Waals surface area (Å²) >= 11 is 0. The number of hydrogen-bond acceptors (Lipinski definition) is 3. The highest BCUT2D eigenvalue weighted by molar-refractivity contribution is 14.0. The molecule has 146 valence electrons. The first-order valence-corrected chi connectivity index (χ1v) is 8.90. The minimum Gasteiger partial charge on any atom is -0.379 e. The number of halogens is 1. The van der Waals surface area contributed by atoms with Gasteiger partial charge in [-0.1, -0.05) is 45.1 Å². The van der Waals surface area contributed by atoms with Crippen LogP contribution in [0.4, 0.5) is 5.69 Å². The lowest BCUT2D eigenvalue weighted by molar-refractivity contribution is 0.0205. The molecule has 1 aliphatic heterocycles. The minimum absolute atomic E-state index is 0. The normalized spacial score (nSPS) is 15.6. The first kappa shape index (κ1) is 22.8. The Kier molecular flexibility index (Phi) is 9.43. The lowest BCUT2D eigenvalue weighted by Crippen LogP contribution is -2.45. The summed E-state index contributed by atoms with van der Waals surface area (Å²) < 4.78 is 5.59. The number of ether oxygens (including phenoxy) is 1. The van der Waals surface area contributed by atoms with Gasteiger partial charge in [0, 0.05) is 46.0 Å². The van der Waals surface area contributed by atoms with Crippen LogP contribution in [0, 0.1) is 5.41 Å². The van der Waals surface area contributed by atoms with Gasteiger partial charge in [0.2, 0.25) is 0 Å². The number of nitrogens with one attached hydrogen (secondary N) is 2. The lowest BCUT2D eigenvalue weighted by Gasteiger charge is -2.30. The molecule has 0 bridgehead atoms. The first-order chi connectivity index (χ1) is 11.9. The van der Waals surface area contributed by atoms with E-state index in [9.17, 15) is 0 Å². The summed E-state index contributed by atoms with van der Waals surface area (Å²) in [5.41, 5.74) is 2.59. The Hall–Kier alpha value is -1.28. The lowest BCUT2D eigenvalue weighted by atomic mass is 9.89. The molecule has 0 fully saturated rings. The minimum atomic E-state index is 0. The number of hydrogen-bond donors (Lipinski definition) is 2. The van der Waals surface area contributed by atoms with Gasteiger partial charge in [-0.25, -0.2) is 0 Å². The number of nitrogens with zero attached hydrogens (tertiary/aromatic N) is 2. The molecular weight excluding hydrogens is 439 g/mol. The van der Waals surface area contributed by atoms with Crippen LogP contribution in [0.2, 0.25) is 0 Å².